The molecule has 0 spiro atoms. The van der Waals surface area contributed by atoms with Gasteiger partial charge in [0.1, 0.15) is 15.0 Å². The Morgan fingerprint density at radius 1 is 1.31 bits per heavy atom. The zero-order valence-electron chi connectivity index (χ0n) is 16.1. The fourth-order valence-electron chi connectivity index (χ4n) is 3.28. The molecule has 158 valence electrons. The maximum absolute atomic E-state index is 13.8. The highest BCUT2D eigenvalue weighted by atomic mass is 35.5. The molecule has 1 aromatic carbocycles. The van der Waals surface area contributed by atoms with Crippen molar-refractivity contribution in [3.63, 3.8) is 0 Å². The summed E-state index contributed by atoms with van der Waals surface area (Å²) in [6.45, 7) is 3.86. The number of thiophene rings is 1. The van der Waals surface area contributed by atoms with E-state index in [1.54, 1.807) is 32.0 Å². The van der Waals surface area contributed by atoms with Gasteiger partial charge in [-0.2, -0.15) is 13.2 Å². The molecule has 1 unspecified atom stereocenters. The Labute approximate surface area is 175 Å². The molecule has 0 aliphatic carbocycles. The largest absolute Gasteiger partial charge is 0.493 e. The third kappa shape index (κ3) is 4.54. The molecule has 1 atom stereocenters. The number of halogens is 4. The third-order valence-electron chi connectivity index (χ3n) is 4.44. The van der Waals surface area contributed by atoms with Crippen LogP contribution in [0.4, 0.5) is 13.2 Å². The van der Waals surface area contributed by atoms with E-state index in [-0.39, 0.29) is 15.5 Å². The molecular weight excluding hydrogens is 429 g/mol. The molecule has 0 bridgehead atoms. The first kappa shape index (κ1) is 21.9. The van der Waals surface area contributed by atoms with Crippen LogP contribution >= 0.6 is 22.9 Å². The highest BCUT2D eigenvalue weighted by Crippen LogP contribution is 2.51. The zero-order valence-corrected chi connectivity index (χ0v) is 17.6. The van der Waals surface area contributed by atoms with Crippen LogP contribution in [0.1, 0.15) is 42.4 Å². The van der Waals surface area contributed by atoms with Gasteiger partial charge >= 0.3 is 12.1 Å². The van der Waals surface area contributed by atoms with Crippen molar-refractivity contribution < 1.29 is 32.2 Å². The minimum atomic E-state index is -4.70. The van der Waals surface area contributed by atoms with E-state index in [9.17, 15) is 18.0 Å². The van der Waals surface area contributed by atoms with Crippen LogP contribution in [0.5, 0.6) is 5.75 Å². The number of hydrogen-bond donors (Lipinski definition) is 0. The van der Waals surface area contributed by atoms with Crippen LogP contribution in [0.15, 0.2) is 18.2 Å². The van der Waals surface area contributed by atoms with Crippen LogP contribution in [-0.2, 0) is 26.9 Å². The predicted molar refractivity (Wildman–Crippen MR) is 105 cm³/mol. The molecule has 1 aliphatic rings. The lowest BCUT2D eigenvalue weighted by atomic mass is 9.95. The maximum atomic E-state index is 13.8. The minimum Gasteiger partial charge on any atom is -0.493 e. The number of rotatable bonds is 5. The second-order valence-electron chi connectivity index (χ2n) is 6.85. The predicted octanol–water partition coefficient (Wildman–Crippen LogP) is 6.05. The fraction of sp³-hybridized carbons (Fsp3) is 0.450. The van der Waals surface area contributed by atoms with Crippen molar-refractivity contribution in [2.45, 2.75) is 45.1 Å². The summed E-state index contributed by atoms with van der Waals surface area (Å²) in [4.78, 5) is 11.4. The van der Waals surface area contributed by atoms with E-state index < -0.39 is 29.2 Å². The van der Waals surface area contributed by atoms with Gasteiger partial charge in [-0.25, -0.2) is 4.79 Å². The van der Waals surface area contributed by atoms with Crippen molar-refractivity contribution in [2.24, 2.45) is 0 Å². The summed E-state index contributed by atoms with van der Waals surface area (Å²) in [6, 6.07) is 5.12. The van der Waals surface area contributed by atoms with E-state index >= 15 is 0 Å². The minimum absolute atomic E-state index is 0.0646. The Bertz CT molecular complexity index is 908. The zero-order chi connectivity index (χ0) is 21.3. The number of esters is 1. The molecule has 0 N–H and O–H groups in total. The number of carbonyl (C=O) groups is 1. The summed E-state index contributed by atoms with van der Waals surface area (Å²) in [5.74, 6) is -0.215. The molecular formula is C20H20ClF3O4S. The van der Waals surface area contributed by atoms with E-state index in [2.05, 4.69) is 0 Å². The number of hydrogen-bond acceptors (Lipinski definition) is 5. The van der Waals surface area contributed by atoms with Gasteiger partial charge in [0.05, 0.1) is 19.8 Å². The number of methoxy groups -OCH3 is 1. The molecule has 1 aromatic heterocycles. The van der Waals surface area contributed by atoms with Crippen LogP contribution in [0.25, 0.3) is 11.1 Å². The summed E-state index contributed by atoms with van der Waals surface area (Å²) in [5.41, 5.74) is 1.18. The third-order valence-corrected chi connectivity index (χ3v) is 5.90. The van der Waals surface area contributed by atoms with Gasteiger partial charge in [0.25, 0.3) is 0 Å². The first-order valence-electron chi connectivity index (χ1n) is 9.02. The van der Waals surface area contributed by atoms with Gasteiger partial charge < -0.3 is 14.2 Å². The molecule has 0 saturated carbocycles. The standard InChI is InChI=1S/C20H20ClF3O4S/c1-10(2)28-16(19(25)26-3)15-14(18(21)29-17(15)20(22,23)24)12-6-7-13-11(9-12)5-4-8-27-13/h6-7,9-10,16H,4-5,8H2,1-3H3. The van der Waals surface area contributed by atoms with Crippen LogP contribution in [-0.4, -0.2) is 25.8 Å². The highest BCUT2D eigenvalue weighted by molar-refractivity contribution is 7.17. The molecule has 0 saturated heterocycles. The van der Waals surface area contributed by atoms with Crippen LogP contribution in [0.3, 0.4) is 0 Å². The lowest BCUT2D eigenvalue weighted by Gasteiger charge is -2.22. The molecule has 9 heteroatoms. The summed E-state index contributed by atoms with van der Waals surface area (Å²) >= 11 is 6.67. The summed E-state index contributed by atoms with van der Waals surface area (Å²) < 4.78 is 57.3. The molecule has 0 radical (unpaired) electrons. The molecule has 0 amide bonds. The Hall–Kier alpha value is -1.77. The first-order valence-corrected chi connectivity index (χ1v) is 10.2. The lowest BCUT2D eigenvalue weighted by Crippen LogP contribution is -2.23. The van der Waals surface area contributed by atoms with Crippen molar-refractivity contribution >= 4 is 28.9 Å². The Morgan fingerprint density at radius 2 is 2.03 bits per heavy atom. The van der Waals surface area contributed by atoms with E-state index in [1.807, 2.05) is 0 Å². The smallest absolute Gasteiger partial charge is 0.426 e. The Balaban J connectivity index is 2.24. The van der Waals surface area contributed by atoms with E-state index in [4.69, 9.17) is 25.8 Å². The fourth-order valence-corrected chi connectivity index (χ4v) is 4.67. The van der Waals surface area contributed by atoms with Crippen LogP contribution in [0, 0.1) is 0 Å². The van der Waals surface area contributed by atoms with Gasteiger partial charge in [-0.3, -0.25) is 0 Å². The van der Waals surface area contributed by atoms with E-state index in [0.717, 1.165) is 25.5 Å². The van der Waals surface area contributed by atoms with Crippen LogP contribution in [0.2, 0.25) is 4.34 Å². The monoisotopic (exact) mass is 448 g/mol. The summed E-state index contributed by atoms with van der Waals surface area (Å²) in [6.07, 6.45) is -5.21. The van der Waals surface area contributed by atoms with E-state index in [0.29, 0.717) is 29.3 Å². The normalized spacial score (nSPS) is 15.0. The van der Waals surface area contributed by atoms with Crippen molar-refractivity contribution in [3.8, 4) is 16.9 Å². The second kappa shape index (κ2) is 8.53. The topological polar surface area (TPSA) is 44.8 Å². The van der Waals surface area contributed by atoms with Gasteiger partial charge in [-0.05, 0) is 49.9 Å². The van der Waals surface area contributed by atoms with Gasteiger partial charge in [0.2, 0.25) is 0 Å². The molecule has 2 heterocycles. The molecule has 0 fully saturated rings. The van der Waals surface area contributed by atoms with Crippen molar-refractivity contribution in [1.82, 2.24) is 0 Å². The van der Waals surface area contributed by atoms with Crippen LogP contribution < -0.4 is 4.74 Å². The van der Waals surface area contributed by atoms with E-state index in [1.165, 1.54) is 0 Å². The lowest BCUT2D eigenvalue weighted by molar-refractivity contribution is -0.159. The summed E-state index contributed by atoms with van der Waals surface area (Å²) in [5, 5.41) is 0. The van der Waals surface area contributed by atoms with Crippen molar-refractivity contribution in [3.05, 3.63) is 38.5 Å². The Morgan fingerprint density at radius 3 is 2.66 bits per heavy atom. The van der Waals surface area contributed by atoms with Crippen molar-refractivity contribution in [2.75, 3.05) is 13.7 Å². The van der Waals surface area contributed by atoms with Crippen molar-refractivity contribution in [1.29, 1.82) is 0 Å². The number of fused-ring (bicyclic) bond motifs is 1. The average Bonchev–Trinajstić information content (AvgIpc) is 3.02. The number of alkyl halides is 3. The molecule has 3 rings (SSSR count). The quantitative estimate of drug-likeness (QED) is 0.522. The molecule has 2 aromatic rings. The second-order valence-corrected chi connectivity index (χ2v) is 8.48. The van der Waals surface area contributed by atoms with Gasteiger partial charge in [0, 0.05) is 11.1 Å². The first-order chi connectivity index (χ1) is 13.6. The molecule has 29 heavy (non-hydrogen) atoms. The molecule has 1 aliphatic heterocycles. The molecule has 4 nitrogen and oxygen atoms in total. The summed E-state index contributed by atoms with van der Waals surface area (Å²) in [7, 11) is 1.11. The van der Waals surface area contributed by atoms with Gasteiger partial charge in [-0.15, -0.1) is 11.3 Å². The number of aryl methyl sites for hydroxylation is 1. The van der Waals surface area contributed by atoms with Gasteiger partial charge in [0.15, 0.2) is 6.10 Å². The highest BCUT2D eigenvalue weighted by Gasteiger charge is 2.43. The average molecular weight is 449 g/mol. The number of benzene rings is 1. The maximum Gasteiger partial charge on any atom is 0.426 e. The number of ether oxygens (including phenoxy) is 3. The Kier molecular flexibility index (Phi) is 6.45. The number of carbonyl (C=O) groups excluding carboxylic acids is 1. The van der Waals surface area contributed by atoms with Gasteiger partial charge in [-0.1, -0.05) is 17.7 Å². The SMILES string of the molecule is COC(=O)C(OC(C)C)c1c(C(F)(F)F)sc(Cl)c1-c1ccc2c(c1)CCCO2.